The van der Waals surface area contributed by atoms with Gasteiger partial charge in [0.1, 0.15) is 0 Å². The Labute approximate surface area is 103 Å². The van der Waals surface area contributed by atoms with Crippen molar-refractivity contribution in [2.24, 2.45) is 0 Å². The zero-order valence-corrected chi connectivity index (χ0v) is 11.5. The molecule has 0 saturated heterocycles. The summed E-state index contributed by atoms with van der Waals surface area (Å²) in [6.45, 7) is 9.98. The van der Waals surface area contributed by atoms with E-state index in [2.05, 4.69) is 36.3 Å². The van der Waals surface area contributed by atoms with Gasteiger partial charge in [-0.25, -0.2) is 0 Å². The van der Waals surface area contributed by atoms with E-state index in [9.17, 15) is 5.11 Å². The van der Waals surface area contributed by atoms with E-state index in [1.807, 2.05) is 13.8 Å². The van der Waals surface area contributed by atoms with E-state index in [4.69, 9.17) is 0 Å². The lowest BCUT2D eigenvalue weighted by Gasteiger charge is -2.33. The summed E-state index contributed by atoms with van der Waals surface area (Å²) in [5, 5.41) is 12.2. The van der Waals surface area contributed by atoms with Crippen LogP contribution in [-0.2, 0) is 6.54 Å². The first kappa shape index (κ1) is 13.7. The second kappa shape index (κ2) is 5.80. The lowest BCUT2D eigenvalue weighted by Crippen LogP contribution is -2.43. The molecular weight excluding hydrogens is 218 g/mol. The van der Waals surface area contributed by atoms with Crippen molar-refractivity contribution in [3.05, 3.63) is 22.4 Å². The van der Waals surface area contributed by atoms with Gasteiger partial charge in [-0.05, 0) is 38.6 Å². The Kier molecular flexibility index (Phi) is 4.96. The van der Waals surface area contributed by atoms with Gasteiger partial charge in [0.25, 0.3) is 0 Å². The third-order valence-electron chi connectivity index (χ3n) is 2.97. The number of hydrogen-bond donors (Lipinski definition) is 1. The van der Waals surface area contributed by atoms with Crippen LogP contribution in [0.4, 0.5) is 0 Å². The first-order valence-corrected chi connectivity index (χ1v) is 6.81. The lowest BCUT2D eigenvalue weighted by molar-refractivity contribution is 0.00464. The molecule has 0 radical (unpaired) electrons. The molecule has 0 aliphatic heterocycles. The molecule has 3 heteroatoms. The molecule has 0 bridgehead atoms. The molecule has 16 heavy (non-hydrogen) atoms. The fourth-order valence-electron chi connectivity index (χ4n) is 1.57. The van der Waals surface area contributed by atoms with Crippen LogP contribution in [-0.4, -0.2) is 28.2 Å². The molecule has 1 aromatic rings. The number of nitrogens with zero attached hydrogens (tertiary/aromatic N) is 1. The average Bonchev–Trinajstić information content (AvgIpc) is 2.69. The van der Waals surface area contributed by atoms with Crippen molar-refractivity contribution in [3.8, 4) is 0 Å². The van der Waals surface area contributed by atoms with Gasteiger partial charge in [-0.3, -0.25) is 4.90 Å². The van der Waals surface area contributed by atoms with Crippen molar-refractivity contribution < 1.29 is 5.11 Å². The summed E-state index contributed by atoms with van der Waals surface area (Å²) < 4.78 is 0. The number of aliphatic hydroxyl groups is 1. The van der Waals surface area contributed by atoms with Gasteiger partial charge < -0.3 is 5.11 Å². The van der Waals surface area contributed by atoms with E-state index in [1.165, 1.54) is 4.88 Å². The summed E-state index contributed by atoms with van der Waals surface area (Å²) in [7, 11) is 0. The predicted octanol–water partition coefficient (Wildman–Crippen LogP) is 3.12. The Bertz CT molecular complexity index is 293. The second-order valence-electron chi connectivity index (χ2n) is 4.93. The summed E-state index contributed by atoms with van der Waals surface area (Å²) in [4.78, 5) is 3.69. The van der Waals surface area contributed by atoms with Gasteiger partial charge >= 0.3 is 0 Å². The highest BCUT2D eigenvalue weighted by atomic mass is 32.1. The Morgan fingerprint density at radius 1 is 1.50 bits per heavy atom. The highest BCUT2D eigenvalue weighted by Gasteiger charge is 2.23. The van der Waals surface area contributed by atoms with Gasteiger partial charge in [0.2, 0.25) is 0 Å². The Morgan fingerprint density at radius 2 is 2.19 bits per heavy atom. The topological polar surface area (TPSA) is 23.5 Å². The lowest BCUT2D eigenvalue weighted by atomic mass is 10.0. The Hall–Kier alpha value is -0.380. The van der Waals surface area contributed by atoms with Crippen LogP contribution in [0.5, 0.6) is 0 Å². The van der Waals surface area contributed by atoms with Crippen molar-refractivity contribution in [1.82, 2.24) is 4.90 Å². The Balaban J connectivity index is 2.62. The maximum absolute atomic E-state index is 10.1. The maximum atomic E-state index is 10.1. The van der Waals surface area contributed by atoms with Crippen molar-refractivity contribution >= 4 is 11.3 Å². The van der Waals surface area contributed by atoms with Crippen LogP contribution >= 0.6 is 11.3 Å². The molecular formula is C13H23NOS. The largest absolute Gasteiger partial charge is 0.389 e. The molecule has 0 aliphatic rings. The van der Waals surface area contributed by atoms with E-state index >= 15 is 0 Å². The van der Waals surface area contributed by atoms with Crippen LogP contribution in [0.15, 0.2) is 17.5 Å². The molecule has 0 spiro atoms. The summed E-state index contributed by atoms with van der Waals surface area (Å²) in [5.41, 5.74) is -0.582. The van der Waals surface area contributed by atoms with Crippen molar-refractivity contribution in [1.29, 1.82) is 0 Å². The van der Waals surface area contributed by atoms with Crippen LogP contribution in [0.1, 0.15) is 39.0 Å². The highest BCUT2D eigenvalue weighted by molar-refractivity contribution is 7.09. The minimum Gasteiger partial charge on any atom is -0.389 e. The van der Waals surface area contributed by atoms with E-state index in [1.54, 1.807) is 11.3 Å². The summed E-state index contributed by atoms with van der Waals surface area (Å²) in [6, 6.07) is 4.69. The molecule has 0 saturated carbocycles. The molecule has 0 aliphatic carbocycles. The standard InChI is InChI=1S/C13H23NOS/c1-5-13(4,15)10-14(11(2)3)9-12-7-6-8-16-12/h6-8,11,15H,5,9-10H2,1-4H3. The van der Waals surface area contributed by atoms with E-state index in [0.29, 0.717) is 6.04 Å². The molecule has 1 aromatic heterocycles. The van der Waals surface area contributed by atoms with E-state index in [0.717, 1.165) is 19.5 Å². The highest BCUT2D eigenvalue weighted by Crippen LogP contribution is 2.18. The van der Waals surface area contributed by atoms with Gasteiger partial charge in [0, 0.05) is 24.0 Å². The number of rotatable bonds is 6. The van der Waals surface area contributed by atoms with Crippen LogP contribution < -0.4 is 0 Å². The minimum atomic E-state index is -0.582. The first-order valence-electron chi connectivity index (χ1n) is 5.93. The molecule has 92 valence electrons. The smallest absolute Gasteiger partial charge is 0.0743 e. The summed E-state index contributed by atoms with van der Waals surface area (Å²) in [6.07, 6.45) is 0.792. The molecule has 2 nitrogen and oxygen atoms in total. The first-order chi connectivity index (χ1) is 7.44. The summed E-state index contributed by atoms with van der Waals surface area (Å²) in [5.74, 6) is 0. The third kappa shape index (κ3) is 4.24. The maximum Gasteiger partial charge on any atom is 0.0743 e. The third-order valence-corrected chi connectivity index (χ3v) is 3.84. The number of thiophene rings is 1. The van der Waals surface area contributed by atoms with E-state index < -0.39 is 5.60 Å². The molecule has 0 fully saturated rings. The minimum absolute atomic E-state index is 0.458. The molecule has 1 heterocycles. The van der Waals surface area contributed by atoms with E-state index in [-0.39, 0.29) is 0 Å². The monoisotopic (exact) mass is 241 g/mol. The van der Waals surface area contributed by atoms with Crippen molar-refractivity contribution in [2.75, 3.05) is 6.54 Å². The fourth-order valence-corrected chi connectivity index (χ4v) is 2.30. The van der Waals surface area contributed by atoms with Gasteiger partial charge in [-0.1, -0.05) is 13.0 Å². The molecule has 1 atom stereocenters. The second-order valence-corrected chi connectivity index (χ2v) is 5.96. The number of hydrogen-bond acceptors (Lipinski definition) is 3. The quantitative estimate of drug-likeness (QED) is 0.827. The normalized spacial score (nSPS) is 15.7. The van der Waals surface area contributed by atoms with Crippen LogP contribution in [0.25, 0.3) is 0 Å². The summed E-state index contributed by atoms with van der Waals surface area (Å²) >= 11 is 1.78. The van der Waals surface area contributed by atoms with Gasteiger partial charge in [-0.2, -0.15) is 0 Å². The Morgan fingerprint density at radius 3 is 2.62 bits per heavy atom. The van der Waals surface area contributed by atoms with Crippen molar-refractivity contribution in [2.45, 2.75) is 52.3 Å². The molecule has 1 N–H and O–H groups in total. The zero-order chi connectivity index (χ0) is 12.2. The van der Waals surface area contributed by atoms with Crippen LogP contribution in [0.2, 0.25) is 0 Å². The van der Waals surface area contributed by atoms with Crippen LogP contribution in [0, 0.1) is 0 Å². The fraction of sp³-hybridized carbons (Fsp3) is 0.692. The molecule has 0 aromatic carbocycles. The molecule has 0 amide bonds. The van der Waals surface area contributed by atoms with Gasteiger partial charge in [0.15, 0.2) is 0 Å². The predicted molar refractivity (Wildman–Crippen MR) is 70.8 cm³/mol. The zero-order valence-electron chi connectivity index (χ0n) is 10.7. The van der Waals surface area contributed by atoms with Gasteiger partial charge in [0.05, 0.1) is 5.60 Å². The van der Waals surface area contributed by atoms with Crippen LogP contribution in [0.3, 0.4) is 0 Å². The average molecular weight is 241 g/mol. The SMILES string of the molecule is CCC(C)(O)CN(Cc1cccs1)C(C)C. The molecule has 1 rings (SSSR count). The van der Waals surface area contributed by atoms with Crippen molar-refractivity contribution in [3.63, 3.8) is 0 Å². The molecule has 1 unspecified atom stereocenters. The van der Waals surface area contributed by atoms with Gasteiger partial charge in [-0.15, -0.1) is 11.3 Å².